The lowest BCUT2D eigenvalue weighted by Crippen LogP contribution is -2.68. The molecule has 1 saturated heterocycles. The molecule has 0 spiro atoms. The van der Waals surface area contributed by atoms with Crippen LogP contribution in [0.5, 0.6) is 0 Å². The first-order valence-corrected chi connectivity index (χ1v) is 6.45. The van der Waals surface area contributed by atoms with Crippen molar-refractivity contribution in [1.82, 2.24) is 0 Å². The maximum absolute atomic E-state index is 8.49. The predicted octanol–water partition coefficient (Wildman–Crippen LogP) is -2.73. The van der Waals surface area contributed by atoms with Crippen LogP contribution in [0, 0.1) is 10.2 Å². The Morgan fingerprint density at radius 3 is 1.73 bits per heavy atom. The Labute approximate surface area is 93.3 Å². The van der Waals surface area contributed by atoms with Gasteiger partial charge in [0.15, 0.2) is 0 Å². The van der Waals surface area contributed by atoms with Crippen molar-refractivity contribution in [2.45, 2.75) is 32.6 Å². The fourth-order valence-corrected chi connectivity index (χ4v) is 2.04. The molecule has 0 aromatic rings. The maximum atomic E-state index is 8.49. The van der Waals surface area contributed by atoms with Crippen molar-refractivity contribution in [3.63, 3.8) is 0 Å². The molecule has 0 atom stereocenters. The third-order valence-electron chi connectivity index (χ3n) is 2.66. The highest BCUT2D eigenvalue weighted by Gasteiger charge is 2.22. The Balaban J connectivity index is 0.000000336. The highest BCUT2D eigenvalue weighted by Crippen LogP contribution is 2.15. The van der Waals surface area contributed by atoms with Gasteiger partial charge in [0.1, 0.15) is 0 Å². The minimum atomic E-state index is -4.94. The van der Waals surface area contributed by atoms with E-state index in [4.69, 9.17) is 18.6 Å². The number of hydrogen-bond donors (Lipinski definition) is 0. The summed E-state index contributed by atoms with van der Waals surface area (Å²) < 4.78 is 35.3. The molecule has 1 rings (SSSR count). The van der Waals surface area contributed by atoms with Crippen LogP contribution in [-0.2, 0) is 0 Å². The summed E-state index contributed by atoms with van der Waals surface area (Å²) >= 11 is 0. The van der Waals surface area contributed by atoms with E-state index in [1.165, 1.54) is 49.8 Å². The number of halogens is 1. The summed E-state index contributed by atoms with van der Waals surface area (Å²) in [5.74, 6) is 0. The zero-order valence-corrected chi connectivity index (χ0v) is 10.2. The largest absolute Gasteiger partial charge is 0.326 e. The number of likely N-dealkylation sites (tertiary alicyclic amines) is 1. The second kappa shape index (κ2) is 6.62. The highest BCUT2D eigenvalue weighted by atomic mass is 35.7. The minimum absolute atomic E-state index is 1.34. The van der Waals surface area contributed by atoms with E-state index in [1.807, 2.05) is 0 Å². The molecule has 1 aliphatic heterocycles. The van der Waals surface area contributed by atoms with Gasteiger partial charge in [-0.25, -0.2) is 18.6 Å². The maximum Gasteiger partial charge on any atom is 0.0784 e. The van der Waals surface area contributed by atoms with Crippen LogP contribution >= 0.6 is 0 Å². The first-order valence-electron chi connectivity index (χ1n) is 5.22. The molecule has 5 nitrogen and oxygen atoms in total. The molecule has 92 valence electrons. The van der Waals surface area contributed by atoms with Gasteiger partial charge in [-0.3, -0.25) is 0 Å². The molecular formula is C9H20ClNO4. The minimum Gasteiger partial charge on any atom is -0.326 e. The van der Waals surface area contributed by atoms with E-state index >= 15 is 0 Å². The van der Waals surface area contributed by atoms with Crippen molar-refractivity contribution < 1.29 is 33.4 Å². The van der Waals surface area contributed by atoms with Crippen LogP contribution in [0.25, 0.3) is 0 Å². The summed E-state index contributed by atoms with van der Waals surface area (Å²) in [4.78, 5) is 0. The lowest BCUT2D eigenvalue weighted by molar-refractivity contribution is -2.00. The summed E-state index contributed by atoms with van der Waals surface area (Å²) in [7, 11) is -2.54. The van der Waals surface area contributed by atoms with Gasteiger partial charge in [-0.1, -0.05) is 6.92 Å². The molecule has 0 N–H and O–H groups in total. The van der Waals surface area contributed by atoms with Gasteiger partial charge in [-0.05, 0) is 25.7 Å². The van der Waals surface area contributed by atoms with Gasteiger partial charge in [0.25, 0.3) is 0 Å². The Hall–Kier alpha value is 0.0900. The fourth-order valence-electron chi connectivity index (χ4n) is 2.04. The van der Waals surface area contributed by atoms with E-state index in [0.717, 1.165) is 0 Å². The Morgan fingerprint density at radius 2 is 1.40 bits per heavy atom. The molecule has 1 fully saturated rings. The Morgan fingerprint density at radius 1 is 1.00 bits per heavy atom. The monoisotopic (exact) mass is 241 g/mol. The third kappa shape index (κ3) is 10.4. The lowest BCUT2D eigenvalue weighted by Gasteiger charge is -2.37. The highest BCUT2D eigenvalue weighted by molar-refractivity contribution is 4.50. The first kappa shape index (κ1) is 15.1. The number of quaternary nitrogens is 1. The molecule has 0 unspecified atom stereocenters. The number of hydrogen-bond acceptors (Lipinski definition) is 4. The van der Waals surface area contributed by atoms with Crippen LogP contribution in [-0.4, -0.2) is 31.2 Å². The van der Waals surface area contributed by atoms with Crippen LogP contribution in [0.3, 0.4) is 0 Å². The van der Waals surface area contributed by atoms with E-state index in [9.17, 15) is 0 Å². The van der Waals surface area contributed by atoms with Crippen molar-refractivity contribution in [2.24, 2.45) is 0 Å². The lowest BCUT2D eigenvalue weighted by atomic mass is 10.1. The molecule has 0 aromatic heterocycles. The SMILES string of the molecule is CCC[N+]1(C)CCCCC1.[O-][Cl+3]([O-])([O-])[O-]. The van der Waals surface area contributed by atoms with Crippen LogP contribution in [0.1, 0.15) is 32.6 Å². The first-order chi connectivity index (χ1) is 6.77. The van der Waals surface area contributed by atoms with Crippen LogP contribution in [0.15, 0.2) is 0 Å². The molecule has 0 saturated carbocycles. The fraction of sp³-hybridized carbons (Fsp3) is 1.00. The molecule has 0 bridgehead atoms. The van der Waals surface area contributed by atoms with Gasteiger partial charge in [-0.2, -0.15) is 0 Å². The molecule has 1 aliphatic rings. The van der Waals surface area contributed by atoms with Crippen LogP contribution < -0.4 is 18.6 Å². The molecule has 0 aromatic carbocycles. The van der Waals surface area contributed by atoms with Crippen molar-refractivity contribution in [2.75, 3.05) is 26.7 Å². The van der Waals surface area contributed by atoms with E-state index in [0.29, 0.717) is 0 Å². The third-order valence-corrected chi connectivity index (χ3v) is 2.66. The second-order valence-electron chi connectivity index (χ2n) is 4.23. The summed E-state index contributed by atoms with van der Waals surface area (Å²) in [6.07, 6.45) is 5.72. The number of piperidine rings is 1. The van der Waals surface area contributed by atoms with E-state index < -0.39 is 10.2 Å². The van der Waals surface area contributed by atoms with Gasteiger partial charge in [-0.15, -0.1) is 10.2 Å². The summed E-state index contributed by atoms with van der Waals surface area (Å²) in [5, 5.41) is 0. The normalized spacial score (nSPS) is 20.4. The van der Waals surface area contributed by atoms with Gasteiger partial charge in [0.2, 0.25) is 0 Å². The Kier molecular flexibility index (Phi) is 6.66. The quantitative estimate of drug-likeness (QED) is 0.491. The van der Waals surface area contributed by atoms with Gasteiger partial charge >= 0.3 is 0 Å². The second-order valence-corrected chi connectivity index (χ2v) is 4.98. The molecule has 6 heteroatoms. The van der Waals surface area contributed by atoms with Crippen molar-refractivity contribution in [3.05, 3.63) is 0 Å². The average Bonchev–Trinajstić information content (AvgIpc) is 2.02. The average molecular weight is 242 g/mol. The summed E-state index contributed by atoms with van der Waals surface area (Å²) in [5.41, 5.74) is 0. The topological polar surface area (TPSA) is 92.2 Å². The van der Waals surface area contributed by atoms with E-state index in [2.05, 4.69) is 14.0 Å². The number of rotatable bonds is 2. The van der Waals surface area contributed by atoms with Gasteiger partial charge < -0.3 is 4.48 Å². The molecule has 15 heavy (non-hydrogen) atoms. The van der Waals surface area contributed by atoms with Gasteiger partial charge in [0.05, 0.1) is 26.7 Å². The summed E-state index contributed by atoms with van der Waals surface area (Å²) in [6, 6.07) is 0. The molecule has 0 aliphatic carbocycles. The Bertz CT molecular complexity index is 154. The molecular weight excluding hydrogens is 222 g/mol. The van der Waals surface area contributed by atoms with Gasteiger partial charge in [0, 0.05) is 0 Å². The van der Waals surface area contributed by atoms with Crippen LogP contribution in [0.2, 0.25) is 0 Å². The molecule has 1 heterocycles. The smallest absolute Gasteiger partial charge is 0.0784 e. The molecule has 0 radical (unpaired) electrons. The van der Waals surface area contributed by atoms with Crippen molar-refractivity contribution in [1.29, 1.82) is 0 Å². The van der Waals surface area contributed by atoms with E-state index in [-0.39, 0.29) is 0 Å². The zero-order valence-electron chi connectivity index (χ0n) is 9.41. The number of nitrogens with zero attached hydrogens (tertiary/aromatic N) is 1. The predicted molar refractivity (Wildman–Crippen MR) is 44.9 cm³/mol. The van der Waals surface area contributed by atoms with Crippen molar-refractivity contribution in [3.8, 4) is 0 Å². The van der Waals surface area contributed by atoms with Crippen molar-refractivity contribution >= 4 is 0 Å². The van der Waals surface area contributed by atoms with E-state index in [1.54, 1.807) is 0 Å². The zero-order chi connectivity index (χ0) is 11.9. The van der Waals surface area contributed by atoms with Crippen LogP contribution in [0.4, 0.5) is 0 Å². The standard InChI is InChI=1S/C9H20N.ClHO4/c1-3-7-10(2)8-5-4-6-9-10;2-1(3,4)5/h3-9H2,1-2H3;(H,2,3,4,5)/q+1;/p-1. The molecule has 0 amide bonds. The summed E-state index contributed by atoms with van der Waals surface area (Å²) in [6.45, 7) is 6.53.